The molecule has 1 aliphatic rings. The van der Waals surface area contributed by atoms with Gasteiger partial charge < -0.3 is 10.1 Å². The van der Waals surface area contributed by atoms with Crippen LogP contribution in [0.3, 0.4) is 0 Å². The van der Waals surface area contributed by atoms with E-state index in [2.05, 4.69) is 42.2 Å². The quantitative estimate of drug-likeness (QED) is 0.911. The van der Waals surface area contributed by atoms with Crippen molar-refractivity contribution in [3.8, 4) is 0 Å². The number of ether oxygens (including phenoxy) is 1. The normalized spacial score (nSPS) is 22.3. The van der Waals surface area contributed by atoms with E-state index in [0.717, 1.165) is 34.3 Å². The highest BCUT2D eigenvalue weighted by atomic mass is 79.9. The molecular weight excluding hydrogens is 336 g/mol. The minimum atomic E-state index is 0.255. The van der Waals surface area contributed by atoms with E-state index in [1.165, 1.54) is 0 Å². The van der Waals surface area contributed by atoms with Crippen molar-refractivity contribution >= 4 is 31.9 Å². The molecule has 0 aliphatic carbocycles. The highest BCUT2D eigenvalue weighted by Crippen LogP contribution is 2.32. The van der Waals surface area contributed by atoms with Crippen molar-refractivity contribution in [2.75, 3.05) is 20.3 Å². The molecule has 1 aliphatic heterocycles. The summed E-state index contributed by atoms with van der Waals surface area (Å²) < 4.78 is 7.45. The van der Waals surface area contributed by atoms with Crippen molar-refractivity contribution in [1.82, 2.24) is 10.3 Å². The van der Waals surface area contributed by atoms with Crippen molar-refractivity contribution < 1.29 is 4.74 Å². The molecule has 0 aromatic carbocycles. The fourth-order valence-electron chi connectivity index (χ4n) is 2.07. The molecule has 2 atom stereocenters. The molecule has 16 heavy (non-hydrogen) atoms. The van der Waals surface area contributed by atoms with Gasteiger partial charge in [-0.05, 0) is 51.4 Å². The SMILES string of the molecule is CNC(c1ncc(Br)cc1Br)C1CCOC1. The van der Waals surface area contributed by atoms with Gasteiger partial charge in [0.2, 0.25) is 0 Å². The smallest absolute Gasteiger partial charge is 0.0719 e. The van der Waals surface area contributed by atoms with E-state index >= 15 is 0 Å². The molecule has 2 unspecified atom stereocenters. The number of nitrogens with zero attached hydrogens (tertiary/aromatic N) is 1. The van der Waals surface area contributed by atoms with E-state index in [1.807, 2.05) is 19.3 Å². The van der Waals surface area contributed by atoms with E-state index in [0.29, 0.717) is 5.92 Å². The van der Waals surface area contributed by atoms with E-state index in [9.17, 15) is 0 Å². The number of hydrogen-bond acceptors (Lipinski definition) is 3. The van der Waals surface area contributed by atoms with Crippen LogP contribution in [-0.4, -0.2) is 25.2 Å². The van der Waals surface area contributed by atoms with Gasteiger partial charge in [-0.3, -0.25) is 4.98 Å². The maximum absolute atomic E-state index is 5.43. The molecule has 0 bridgehead atoms. The minimum Gasteiger partial charge on any atom is -0.381 e. The largest absolute Gasteiger partial charge is 0.381 e. The van der Waals surface area contributed by atoms with Crippen LogP contribution in [0, 0.1) is 5.92 Å². The van der Waals surface area contributed by atoms with Gasteiger partial charge in [-0.2, -0.15) is 0 Å². The van der Waals surface area contributed by atoms with E-state index in [-0.39, 0.29) is 6.04 Å². The van der Waals surface area contributed by atoms with Gasteiger partial charge >= 0.3 is 0 Å². The van der Waals surface area contributed by atoms with Gasteiger partial charge in [0.1, 0.15) is 0 Å². The molecule has 88 valence electrons. The first-order valence-electron chi connectivity index (χ1n) is 5.28. The predicted octanol–water partition coefficient (Wildman–Crippen LogP) is 2.90. The van der Waals surface area contributed by atoms with Crippen LogP contribution in [0.1, 0.15) is 18.2 Å². The molecule has 5 heteroatoms. The van der Waals surface area contributed by atoms with Crippen molar-refractivity contribution in [3.63, 3.8) is 0 Å². The fourth-order valence-corrected chi connectivity index (χ4v) is 3.30. The first kappa shape index (κ1) is 12.5. The molecule has 1 fully saturated rings. The summed E-state index contributed by atoms with van der Waals surface area (Å²) in [4.78, 5) is 4.48. The molecule has 2 rings (SSSR count). The number of hydrogen-bond donors (Lipinski definition) is 1. The van der Waals surface area contributed by atoms with Crippen LogP contribution in [0.4, 0.5) is 0 Å². The Bertz CT molecular complexity index is 367. The number of pyridine rings is 1. The Morgan fingerprint density at radius 1 is 1.56 bits per heavy atom. The second-order valence-electron chi connectivity index (χ2n) is 3.91. The van der Waals surface area contributed by atoms with Crippen LogP contribution in [0.25, 0.3) is 0 Å². The standard InChI is InChI=1S/C11H14Br2N2O/c1-14-10(7-2-3-16-6-7)11-9(13)4-8(12)5-15-11/h4-5,7,10,14H,2-3,6H2,1H3. The van der Waals surface area contributed by atoms with Crippen molar-refractivity contribution in [2.45, 2.75) is 12.5 Å². The molecule has 0 amide bonds. The molecular formula is C11H14Br2N2O. The van der Waals surface area contributed by atoms with Gasteiger partial charge in [0.05, 0.1) is 18.3 Å². The van der Waals surface area contributed by atoms with Crippen LogP contribution >= 0.6 is 31.9 Å². The zero-order valence-corrected chi connectivity index (χ0v) is 12.2. The maximum atomic E-state index is 5.43. The third-order valence-corrected chi connectivity index (χ3v) is 3.95. The van der Waals surface area contributed by atoms with Crippen molar-refractivity contribution in [2.24, 2.45) is 5.92 Å². The molecule has 1 N–H and O–H groups in total. The number of nitrogens with one attached hydrogen (secondary N) is 1. The van der Waals surface area contributed by atoms with Crippen LogP contribution in [0.2, 0.25) is 0 Å². The topological polar surface area (TPSA) is 34.2 Å². The van der Waals surface area contributed by atoms with Crippen LogP contribution < -0.4 is 5.32 Å². The van der Waals surface area contributed by atoms with Gasteiger partial charge in [-0.1, -0.05) is 0 Å². The third-order valence-electron chi connectivity index (χ3n) is 2.88. The molecule has 1 aromatic rings. The van der Waals surface area contributed by atoms with Crippen LogP contribution in [0.5, 0.6) is 0 Å². The lowest BCUT2D eigenvalue weighted by molar-refractivity contribution is 0.177. The van der Waals surface area contributed by atoms with E-state index in [1.54, 1.807) is 0 Å². The Hall–Kier alpha value is 0.0300. The summed E-state index contributed by atoms with van der Waals surface area (Å²) in [6.07, 6.45) is 2.93. The van der Waals surface area contributed by atoms with Crippen LogP contribution in [-0.2, 0) is 4.74 Å². The summed E-state index contributed by atoms with van der Waals surface area (Å²) in [5.41, 5.74) is 1.06. The van der Waals surface area contributed by atoms with Crippen molar-refractivity contribution in [3.05, 3.63) is 26.9 Å². The number of rotatable bonds is 3. The molecule has 0 spiro atoms. The Morgan fingerprint density at radius 2 is 2.38 bits per heavy atom. The number of aromatic nitrogens is 1. The summed E-state index contributed by atoms with van der Waals surface area (Å²) in [5.74, 6) is 0.509. The lowest BCUT2D eigenvalue weighted by Crippen LogP contribution is -2.26. The highest BCUT2D eigenvalue weighted by molar-refractivity contribution is 9.11. The molecule has 3 nitrogen and oxygen atoms in total. The van der Waals surface area contributed by atoms with Gasteiger partial charge in [0.25, 0.3) is 0 Å². The average Bonchev–Trinajstić information content (AvgIpc) is 2.75. The molecule has 1 saturated heterocycles. The Labute approximate surface area is 112 Å². The van der Waals surface area contributed by atoms with Gasteiger partial charge in [0, 0.05) is 27.7 Å². The fraction of sp³-hybridized carbons (Fsp3) is 0.545. The Balaban J connectivity index is 2.25. The zero-order chi connectivity index (χ0) is 11.5. The van der Waals surface area contributed by atoms with E-state index < -0.39 is 0 Å². The summed E-state index contributed by atoms with van der Waals surface area (Å²) in [6.45, 7) is 1.67. The first-order chi connectivity index (χ1) is 7.72. The van der Waals surface area contributed by atoms with Gasteiger partial charge in [0.15, 0.2) is 0 Å². The predicted molar refractivity (Wildman–Crippen MR) is 70.4 cm³/mol. The molecule has 0 saturated carbocycles. The molecule has 2 heterocycles. The highest BCUT2D eigenvalue weighted by Gasteiger charge is 2.28. The molecule has 1 aromatic heterocycles. The summed E-state index contributed by atoms with van der Waals surface area (Å²) >= 11 is 6.98. The third kappa shape index (κ3) is 2.64. The zero-order valence-electron chi connectivity index (χ0n) is 9.04. The second-order valence-corrected chi connectivity index (χ2v) is 5.68. The minimum absolute atomic E-state index is 0.255. The van der Waals surface area contributed by atoms with Crippen LogP contribution in [0.15, 0.2) is 21.2 Å². The second kappa shape index (κ2) is 5.58. The van der Waals surface area contributed by atoms with E-state index in [4.69, 9.17) is 4.74 Å². The Morgan fingerprint density at radius 3 is 2.94 bits per heavy atom. The molecule has 0 radical (unpaired) electrons. The maximum Gasteiger partial charge on any atom is 0.0719 e. The average molecular weight is 350 g/mol. The lowest BCUT2D eigenvalue weighted by atomic mass is 9.96. The summed E-state index contributed by atoms with van der Waals surface area (Å²) in [6, 6.07) is 2.28. The Kier molecular flexibility index (Phi) is 4.35. The van der Waals surface area contributed by atoms with Crippen molar-refractivity contribution in [1.29, 1.82) is 0 Å². The first-order valence-corrected chi connectivity index (χ1v) is 6.87. The summed E-state index contributed by atoms with van der Waals surface area (Å²) in [7, 11) is 1.97. The number of halogens is 2. The lowest BCUT2D eigenvalue weighted by Gasteiger charge is -2.22. The van der Waals surface area contributed by atoms with Gasteiger partial charge in [-0.25, -0.2) is 0 Å². The monoisotopic (exact) mass is 348 g/mol. The summed E-state index contributed by atoms with van der Waals surface area (Å²) in [5, 5.41) is 3.33. The van der Waals surface area contributed by atoms with Gasteiger partial charge in [-0.15, -0.1) is 0 Å².